The first kappa shape index (κ1) is 16.4. The molecule has 4 nitrogen and oxygen atoms in total. The van der Waals surface area contributed by atoms with Gasteiger partial charge >= 0.3 is 18.9 Å². The van der Waals surface area contributed by atoms with Crippen LogP contribution in [0.15, 0.2) is 0 Å². The average molecular weight is 275 g/mol. The Hall–Kier alpha value is 0.327. The van der Waals surface area contributed by atoms with Crippen LogP contribution in [0.2, 0.25) is 0 Å². The second-order valence-corrected chi connectivity index (χ2v) is 6.59. The molecule has 0 heterocycles. The number of rotatable bonds is 3. The first-order valence-electron chi connectivity index (χ1n) is 5.77. The standard InChI is InChI=1S/C10H17F2NO3S.Li/c1-9(6-7-9)13(17(14,15)16)8-2-4-10(11,12)5-3-8;/h8H,2-7H2,1H3,(H,14,15,16);/q;+1/p-1. The first-order chi connectivity index (χ1) is 7.64. The van der Waals surface area contributed by atoms with Crippen molar-refractivity contribution in [3.8, 4) is 0 Å². The summed E-state index contributed by atoms with van der Waals surface area (Å²) < 4.78 is 60.7. The Kier molecular flexibility index (Phi) is 4.57. The number of alkyl halides is 2. The van der Waals surface area contributed by atoms with E-state index in [9.17, 15) is 21.8 Å². The van der Waals surface area contributed by atoms with Gasteiger partial charge in [-0.15, -0.1) is 0 Å². The molecule has 0 aromatic heterocycles. The van der Waals surface area contributed by atoms with E-state index in [0.29, 0.717) is 12.8 Å². The molecule has 2 rings (SSSR count). The Morgan fingerprint density at radius 2 is 1.61 bits per heavy atom. The van der Waals surface area contributed by atoms with Gasteiger partial charge in [0.1, 0.15) is 0 Å². The fourth-order valence-electron chi connectivity index (χ4n) is 2.55. The smallest absolute Gasteiger partial charge is 0.735 e. The molecule has 0 radical (unpaired) electrons. The predicted octanol–water partition coefficient (Wildman–Crippen LogP) is -1.12. The van der Waals surface area contributed by atoms with Gasteiger partial charge in [-0.05, 0) is 32.6 Å². The van der Waals surface area contributed by atoms with Gasteiger partial charge in [0.05, 0.1) is 0 Å². The van der Waals surface area contributed by atoms with Crippen molar-refractivity contribution in [2.45, 2.75) is 63.0 Å². The molecular formula is C10H16F2LiNO3S. The van der Waals surface area contributed by atoms with E-state index in [1.165, 1.54) is 0 Å². The molecule has 2 aliphatic carbocycles. The summed E-state index contributed by atoms with van der Waals surface area (Å²) in [5.74, 6) is -2.71. The van der Waals surface area contributed by atoms with Crippen molar-refractivity contribution >= 4 is 10.3 Å². The monoisotopic (exact) mass is 275 g/mol. The molecule has 0 saturated heterocycles. The summed E-state index contributed by atoms with van der Waals surface area (Å²) >= 11 is 0. The van der Waals surface area contributed by atoms with Gasteiger partial charge in [0, 0.05) is 24.4 Å². The normalized spacial score (nSPS) is 26.7. The average Bonchev–Trinajstić information content (AvgIpc) is 2.86. The van der Waals surface area contributed by atoms with Gasteiger partial charge in [-0.1, -0.05) is 0 Å². The molecule has 18 heavy (non-hydrogen) atoms. The van der Waals surface area contributed by atoms with Crippen LogP contribution in [0.5, 0.6) is 0 Å². The van der Waals surface area contributed by atoms with Gasteiger partial charge in [-0.2, -0.15) is 0 Å². The van der Waals surface area contributed by atoms with E-state index >= 15 is 0 Å². The van der Waals surface area contributed by atoms with Crippen LogP contribution in [0.25, 0.3) is 0 Å². The minimum Gasteiger partial charge on any atom is -0.735 e. The van der Waals surface area contributed by atoms with E-state index in [0.717, 1.165) is 4.31 Å². The molecule has 0 aromatic carbocycles. The summed E-state index contributed by atoms with van der Waals surface area (Å²) in [4.78, 5) is 0. The van der Waals surface area contributed by atoms with Crippen LogP contribution < -0.4 is 18.9 Å². The quantitative estimate of drug-likeness (QED) is 0.484. The molecule has 0 spiro atoms. The SMILES string of the molecule is CC1(N(C2CCC(F)(F)CC2)S(=O)(=O)[O-])CC1.[Li+]. The summed E-state index contributed by atoms with van der Waals surface area (Å²) in [6.07, 6.45) is 0.760. The molecule has 0 aliphatic heterocycles. The fraction of sp³-hybridized carbons (Fsp3) is 1.00. The second kappa shape index (κ2) is 5.02. The van der Waals surface area contributed by atoms with E-state index in [-0.39, 0.29) is 44.5 Å². The Morgan fingerprint density at radius 1 is 1.17 bits per heavy atom. The predicted molar refractivity (Wildman–Crippen MR) is 56.4 cm³/mol. The van der Waals surface area contributed by atoms with Gasteiger partial charge in [0.15, 0.2) is 10.3 Å². The van der Waals surface area contributed by atoms with Gasteiger partial charge in [-0.3, -0.25) is 0 Å². The first-order valence-corrected chi connectivity index (χ1v) is 7.14. The minimum atomic E-state index is -4.56. The molecule has 0 N–H and O–H groups in total. The van der Waals surface area contributed by atoms with E-state index in [1.807, 2.05) is 0 Å². The molecule has 0 atom stereocenters. The maximum atomic E-state index is 13.0. The Labute approximate surface area is 118 Å². The van der Waals surface area contributed by atoms with Gasteiger partial charge < -0.3 is 4.55 Å². The molecule has 0 aromatic rings. The van der Waals surface area contributed by atoms with Crippen LogP contribution in [0.4, 0.5) is 8.78 Å². The summed E-state index contributed by atoms with van der Waals surface area (Å²) in [5, 5.41) is 0. The van der Waals surface area contributed by atoms with Crippen molar-refractivity contribution in [2.24, 2.45) is 0 Å². The van der Waals surface area contributed by atoms with Crippen molar-refractivity contribution in [1.82, 2.24) is 4.31 Å². The van der Waals surface area contributed by atoms with E-state index < -0.39 is 27.8 Å². The van der Waals surface area contributed by atoms with Crippen LogP contribution in [-0.2, 0) is 10.3 Å². The topological polar surface area (TPSA) is 60.4 Å². The Bertz CT molecular complexity index is 401. The Morgan fingerprint density at radius 3 is 1.94 bits per heavy atom. The number of hydrogen-bond donors (Lipinski definition) is 0. The van der Waals surface area contributed by atoms with E-state index in [2.05, 4.69) is 0 Å². The third-order valence-electron chi connectivity index (χ3n) is 3.76. The Balaban J connectivity index is 0.00000162. The summed E-state index contributed by atoms with van der Waals surface area (Å²) in [5.41, 5.74) is -0.627. The molecule has 8 heteroatoms. The molecule has 100 valence electrons. The molecular weight excluding hydrogens is 259 g/mol. The van der Waals surface area contributed by atoms with E-state index in [4.69, 9.17) is 0 Å². The van der Waals surface area contributed by atoms with E-state index in [1.54, 1.807) is 6.92 Å². The maximum absolute atomic E-state index is 13.0. The maximum Gasteiger partial charge on any atom is 1.00 e. The fourth-order valence-corrected chi connectivity index (χ4v) is 3.85. The zero-order chi connectivity index (χ0) is 12.9. The third-order valence-corrected chi connectivity index (χ3v) is 4.99. The minimum absolute atomic E-state index is 0. The summed E-state index contributed by atoms with van der Waals surface area (Å²) in [6, 6.07) is -0.551. The van der Waals surface area contributed by atoms with Crippen LogP contribution >= 0.6 is 0 Å². The molecule has 0 unspecified atom stereocenters. The third kappa shape index (κ3) is 3.45. The van der Waals surface area contributed by atoms with Crippen molar-refractivity contribution < 1.29 is 40.6 Å². The molecule has 0 amide bonds. The zero-order valence-corrected chi connectivity index (χ0v) is 11.5. The van der Waals surface area contributed by atoms with Crippen molar-refractivity contribution in [3.63, 3.8) is 0 Å². The molecule has 0 bridgehead atoms. The van der Waals surface area contributed by atoms with Gasteiger partial charge in [-0.25, -0.2) is 21.5 Å². The van der Waals surface area contributed by atoms with Crippen molar-refractivity contribution in [3.05, 3.63) is 0 Å². The second-order valence-electron chi connectivity index (χ2n) is 5.34. The van der Waals surface area contributed by atoms with Crippen LogP contribution in [0, 0.1) is 0 Å². The largest absolute Gasteiger partial charge is 1.00 e. The van der Waals surface area contributed by atoms with Crippen LogP contribution in [0.1, 0.15) is 45.4 Å². The van der Waals surface area contributed by atoms with Crippen LogP contribution in [0.3, 0.4) is 0 Å². The number of hydrogen-bond acceptors (Lipinski definition) is 3. The summed E-state index contributed by atoms with van der Waals surface area (Å²) in [7, 11) is -4.56. The summed E-state index contributed by atoms with van der Waals surface area (Å²) in [6.45, 7) is 1.70. The van der Waals surface area contributed by atoms with Gasteiger partial charge in [0.2, 0.25) is 5.92 Å². The molecule has 2 fully saturated rings. The number of nitrogens with zero attached hydrogens (tertiary/aromatic N) is 1. The molecule has 2 saturated carbocycles. The van der Waals surface area contributed by atoms with Crippen LogP contribution in [-0.4, -0.2) is 34.8 Å². The van der Waals surface area contributed by atoms with Crippen molar-refractivity contribution in [2.75, 3.05) is 0 Å². The van der Waals surface area contributed by atoms with Crippen molar-refractivity contribution in [1.29, 1.82) is 0 Å². The zero-order valence-electron chi connectivity index (χ0n) is 10.7. The number of halogens is 2. The molecule has 2 aliphatic rings. The van der Waals surface area contributed by atoms with Gasteiger partial charge in [0.25, 0.3) is 0 Å².